The molecule has 1 aliphatic carbocycles. The molecule has 1 aromatic heterocycles. The fourth-order valence-corrected chi connectivity index (χ4v) is 4.95. The van der Waals surface area contributed by atoms with Crippen molar-refractivity contribution in [2.75, 3.05) is 25.1 Å². The molecule has 1 saturated heterocycles. The highest BCUT2D eigenvalue weighted by Crippen LogP contribution is 2.45. The first-order valence-electron chi connectivity index (χ1n) is 10.3. The molecule has 1 aliphatic heterocycles. The summed E-state index contributed by atoms with van der Waals surface area (Å²) >= 11 is 0. The third kappa shape index (κ3) is 3.41. The monoisotopic (exact) mass is 432 g/mol. The van der Waals surface area contributed by atoms with Gasteiger partial charge in [0, 0.05) is 25.3 Å². The van der Waals surface area contributed by atoms with E-state index in [-0.39, 0.29) is 34.7 Å². The van der Waals surface area contributed by atoms with Gasteiger partial charge in [0.05, 0.1) is 23.9 Å². The van der Waals surface area contributed by atoms with Crippen LogP contribution in [0.4, 0.5) is 10.1 Å². The predicted octanol–water partition coefficient (Wildman–Crippen LogP) is 2.98. The molecular weight excluding hydrogens is 407 g/mol. The first kappa shape index (κ1) is 21.1. The minimum Gasteiger partial charge on any atom is -0.492 e. The van der Waals surface area contributed by atoms with Crippen molar-refractivity contribution in [3.63, 3.8) is 0 Å². The van der Waals surface area contributed by atoms with Gasteiger partial charge in [0.15, 0.2) is 11.6 Å². The van der Waals surface area contributed by atoms with Crippen LogP contribution < -0.4 is 15.1 Å². The molecule has 0 bridgehead atoms. The van der Waals surface area contributed by atoms with Gasteiger partial charge >= 0.3 is 11.9 Å². The Balaban J connectivity index is 1.94. The number of halogens is 1. The number of benzene rings is 1. The minimum atomic E-state index is -1.36. The number of ether oxygens (including phenoxy) is 1. The molecule has 166 valence electrons. The van der Waals surface area contributed by atoms with Crippen LogP contribution in [-0.2, 0) is 4.79 Å². The lowest BCUT2D eigenvalue weighted by Crippen LogP contribution is -2.47. The molecule has 2 unspecified atom stereocenters. The second kappa shape index (κ2) is 7.55. The Hall–Kier alpha value is -3.10. The highest BCUT2D eigenvalue weighted by atomic mass is 19.1. The summed E-state index contributed by atoms with van der Waals surface area (Å²) in [6, 6.07) is 1.10. The van der Waals surface area contributed by atoms with Crippen LogP contribution in [-0.4, -0.2) is 46.9 Å². The third-order valence-corrected chi connectivity index (χ3v) is 6.42. The maximum atomic E-state index is 15.4. The number of methoxy groups -OCH3 is 1. The molecular formula is C22H25FN2O6. The van der Waals surface area contributed by atoms with E-state index in [1.54, 1.807) is 9.47 Å². The lowest BCUT2D eigenvalue weighted by Gasteiger charge is -2.41. The van der Waals surface area contributed by atoms with Gasteiger partial charge in [0.2, 0.25) is 5.43 Å². The average molecular weight is 432 g/mol. The predicted molar refractivity (Wildman–Crippen MR) is 112 cm³/mol. The van der Waals surface area contributed by atoms with Gasteiger partial charge in [0.1, 0.15) is 11.3 Å². The van der Waals surface area contributed by atoms with Crippen molar-refractivity contribution in [2.24, 2.45) is 17.8 Å². The number of piperidine rings is 1. The summed E-state index contributed by atoms with van der Waals surface area (Å²) in [6.07, 6.45) is 2.96. The summed E-state index contributed by atoms with van der Waals surface area (Å²) in [6.45, 7) is 4.29. The van der Waals surface area contributed by atoms with Crippen LogP contribution in [0.2, 0.25) is 0 Å². The Bertz CT molecular complexity index is 1130. The zero-order chi connectivity index (χ0) is 22.6. The standard InChI is InChI=1S/C22H25FN2O6/c1-10-7-24(8-11(2)16(10)22(29)30)18-15(23)6-13-17(20(18)31-3)25(12-4-5-12)9-14(19(13)26)21(27)28/h6,9-12,16H,4-5,7-8H2,1-3H3,(H,27,28)(H,29,30). The summed E-state index contributed by atoms with van der Waals surface area (Å²) in [5, 5.41) is 18.9. The third-order valence-electron chi connectivity index (χ3n) is 6.42. The molecule has 9 heteroatoms. The molecule has 2 heterocycles. The van der Waals surface area contributed by atoms with E-state index in [0.29, 0.717) is 18.6 Å². The lowest BCUT2D eigenvalue weighted by molar-refractivity contribution is -0.145. The number of carboxylic acids is 2. The second-order valence-corrected chi connectivity index (χ2v) is 8.68. The number of carboxylic acid groups (broad SMARTS) is 2. The van der Waals surface area contributed by atoms with Gasteiger partial charge in [-0.05, 0) is 30.7 Å². The quantitative estimate of drug-likeness (QED) is 0.748. The van der Waals surface area contributed by atoms with Gasteiger partial charge in [-0.2, -0.15) is 0 Å². The number of nitrogens with zero attached hydrogens (tertiary/aromatic N) is 2. The van der Waals surface area contributed by atoms with Crippen molar-refractivity contribution in [1.82, 2.24) is 4.57 Å². The van der Waals surface area contributed by atoms with E-state index in [9.17, 15) is 24.6 Å². The van der Waals surface area contributed by atoms with Crippen LogP contribution in [0, 0.1) is 23.6 Å². The van der Waals surface area contributed by atoms with Gasteiger partial charge < -0.3 is 24.4 Å². The van der Waals surface area contributed by atoms with E-state index in [2.05, 4.69) is 0 Å². The Labute approximate surface area is 177 Å². The normalized spacial score (nSPS) is 23.7. The van der Waals surface area contributed by atoms with E-state index in [0.717, 1.165) is 18.9 Å². The molecule has 1 aromatic carbocycles. The van der Waals surface area contributed by atoms with Gasteiger partial charge in [-0.3, -0.25) is 9.59 Å². The minimum absolute atomic E-state index is 0.0176. The Kier molecular flexibility index (Phi) is 5.15. The van der Waals surface area contributed by atoms with Crippen LogP contribution in [0.15, 0.2) is 17.1 Å². The lowest BCUT2D eigenvalue weighted by atomic mass is 9.79. The second-order valence-electron chi connectivity index (χ2n) is 8.68. The van der Waals surface area contributed by atoms with E-state index < -0.39 is 34.7 Å². The Morgan fingerprint density at radius 3 is 2.26 bits per heavy atom. The van der Waals surface area contributed by atoms with Crippen molar-refractivity contribution < 1.29 is 28.9 Å². The zero-order valence-corrected chi connectivity index (χ0v) is 17.6. The van der Waals surface area contributed by atoms with Crippen molar-refractivity contribution in [2.45, 2.75) is 32.7 Å². The maximum absolute atomic E-state index is 15.4. The smallest absolute Gasteiger partial charge is 0.341 e. The number of carbonyl (C=O) groups is 2. The van der Waals surface area contributed by atoms with Crippen molar-refractivity contribution in [3.8, 4) is 5.75 Å². The topological polar surface area (TPSA) is 109 Å². The number of hydrogen-bond acceptors (Lipinski definition) is 5. The largest absolute Gasteiger partial charge is 0.492 e. The van der Waals surface area contributed by atoms with Crippen molar-refractivity contribution >= 4 is 28.5 Å². The average Bonchev–Trinajstić information content (AvgIpc) is 3.51. The van der Waals surface area contributed by atoms with E-state index >= 15 is 4.39 Å². The fourth-order valence-electron chi connectivity index (χ4n) is 4.95. The number of anilines is 1. The maximum Gasteiger partial charge on any atom is 0.341 e. The molecule has 4 rings (SSSR count). The first-order valence-corrected chi connectivity index (χ1v) is 10.3. The SMILES string of the molecule is COc1c(N2CC(C)C(C(=O)O)C(C)C2)c(F)cc2c(=O)c(C(=O)O)cn(C3CC3)c12. The van der Waals surface area contributed by atoms with E-state index in [1.165, 1.54) is 13.3 Å². The number of fused-ring (bicyclic) bond motifs is 1. The molecule has 0 amide bonds. The van der Waals surface area contributed by atoms with Crippen molar-refractivity contribution in [1.29, 1.82) is 0 Å². The van der Waals surface area contributed by atoms with Crippen LogP contribution in [0.3, 0.4) is 0 Å². The van der Waals surface area contributed by atoms with Crippen LogP contribution >= 0.6 is 0 Å². The van der Waals surface area contributed by atoms with Crippen LogP contribution in [0.5, 0.6) is 5.75 Å². The van der Waals surface area contributed by atoms with E-state index in [1.807, 2.05) is 13.8 Å². The molecule has 2 aliphatic rings. The molecule has 2 aromatic rings. The zero-order valence-electron chi connectivity index (χ0n) is 17.6. The number of aliphatic carboxylic acids is 1. The summed E-state index contributed by atoms with van der Waals surface area (Å²) in [5.74, 6) is -3.73. The number of aromatic nitrogens is 1. The van der Waals surface area contributed by atoms with E-state index in [4.69, 9.17) is 4.74 Å². The molecule has 0 spiro atoms. The number of aromatic carboxylic acids is 1. The highest BCUT2D eigenvalue weighted by molar-refractivity contribution is 5.97. The highest BCUT2D eigenvalue weighted by Gasteiger charge is 2.39. The number of hydrogen-bond donors (Lipinski definition) is 2. The van der Waals surface area contributed by atoms with Gasteiger partial charge in [-0.1, -0.05) is 13.8 Å². The van der Waals surface area contributed by atoms with Crippen LogP contribution in [0.25, 0.3) is 10.9 Å². The van der Waals surface area contributed by atoms with Gasteiger partial charge in [0.25, 0.3) is 0 Å². The molecule has 8 nitrogen and oxygen atoms in total. The molecule has 2 N–H and O–H groups in total. The number of pyridine rings is 1. The molecule has 0 radical (unpaired) electrons. The fraction of sp³-hybridized carbons (Fsp3) is 0.500. The van der Waals surface area contributed by atoms with Crippen LogP contribution in [0.1, 0.15) is 43.1 Å². The molecule has 2 fully saturated rings. The summed E-state index contributed by atoms with van der Waals surface area (Å²) in [4.78, 5) is 37.8. The summed E-state index contributed by atoms with van der Waals surface area (Å²) < 4.78 is 22.7. The Morgan fingerprint density at radius 1 is 1.16 bits per heavy atom. The molecule has 2 atom stereocenters. The first-order chi connectivity index (χ1) is 14.6. The van der Waals surface area contributed by atoms with Crippen molar-refractivity contribution in [3.05, 3.63) is 33.9 Å². The van der Waals surface area contributed by atoms with Gasteiger partial charge in [-0.25, -0.2) is 9.18 Å². The van der Waals surface area contributed by atoms with Gasteiger partial charge in [-0.15, -0.1) is 0 Å². The molecule has 1 saturated carbocycles. The summed E-state index contributed by atoms with van der Waals surface area (Å²) in [7, 11) is 1.39. The number of rotatable bonds is 5. The molecule has 31 heavy (non-hydrogen) atoms. The summed E-state index contributed by atoms with van der Waals surface area (Å²) in [5.41, 5.74) is -0.612. The Morgan fingerprint density at radius 2 is 1.77 bits per heavy atom.